The first kappa shape index (κ1) is 10.6. The van der Waals surface area contributed by atoms with Crippen molar-refractivity contribution in [3.8, 4) is 0 Å². The Kier molecular flexibility index (Phi) is 2.91. The first-order valence-electron chi connectivity index (χ1n) is 3.67. The van der Waals surface area contributed by atoms with Crippen LogP contribution in [0, 0.1) is 15.3 Å². The number of nitrogens with zero attached hydrogens (tertiary/aromatic N) is 3. The van der Waals surface area contributed by atoms with Crippen molar-refractivity contribution in [1.29, 1.82) is 0 Å². The van der Waals surface area contributed by atoms with Crippen molar-refractivity contribution >= 4 is 11.7 Å². The lowest BCUT2D eigenvalue weighted by atomic mass is 10.2. The molecule has 0 fully saturated rings. The second kappa shape index (κ2) is 4.13. The average Bonchev–Trinajstić information content (AvgIpc) is 2.17. The molecule has 1 aromatic rings. The summed E-state index contributed by atoms with van der Waals surface area (Å²) in [7, 11) is 0. The Morgan fingerprint density at radius 3 is 2.20 bits per heavy atom. The first-order chi connectivity index (χ1) is 7.00. The molecule has 0 saturated heterocycles. The van der Waals surface area contributed by atoms with Gasteiger partial charge in [-0.2, -0.15) is 0 Å². The number of carbonyl (C=O) groups is 1. The quantitative estimate of drug-likeness (QED) is 0.348. The molecule has 78 valence electrons. The first-order valence-corrected chi connectivity index (χ1v) is 3.67. The maximum atomic E-state index is 10.9. The van der Waals surface area contributed by atoms with Gasteiger partial charge in [0, 0.05) is 17.0 Å². The van der Waals surface area contributed by atoms with E-state index in [1.165, 1.54) is 0 Å². The van der Waals surface area contributed by atoms with Crippen LogP contribution >= 0.6 is 0 Å². The highest BCUT2D eigenvalue weighted by atomic mass is 16.7. The lowest BCUT2D eigenvalue weighted by molar-refractivity contribution is -0.642. The number of carboxylic acids is 1. The van der Waals surface area contributed by atoms with E-state index in [1.807, 2.05) is 0 Å². The van der Waals surface area contributed by atoms with Crippen molar-refractivity contribution in [3.63, 3.8) is 0 Å². The van der Waals surface area contributed by atoms with Gasteiger partial charge in [0.2, 0.25) is 0 Å². The number of nitro groups is 1. The fourth-order valence-electron chi connectivity index (χ4n) is 0.850. The third-order valence-electron chi connectivity index (χ3n) is 1.49. The number of carboxylic acid groups (broad SMARTS) is 1. The summed E-state index contributed by atoms with van der Waals surface area (Å²) >= 11 is 0. The third-order valence-corrected chi connectivity index (χ3v) is 1.49. The molecule has 0 aliphatic rings. The van der Waals surface area contributed by atoms with Crippen LogP contribution in [0.25, 0.3) is 0 Å². The number of benzene rings is 1. The lowest BCUT2D eigenvalue weighted by Gasteiger charge is -1.96. The van der Waals surface area contributed by atoms with Crippen LogP contribution < -0.4 is 0 Å². The van der Waals surface area contributed by atoms with Gasteiger partial charge in [-0.15, -0.1) is 0 Å². The molecule has 0 unspecified atom stereocenters. The van der Waals surface area contributed by atoms with Gasteiger partial charge in [-0.3, -0.25) is 0 Å². The van der Waals surface area contributed by atoms with Crippen LogP contribution in [0.15, 0.2) is 29.5 Å². The van der Waals surface area contributed by atoms with E-state index < -0.39 is 11.0 Å². The van der Waals surface area contributed by atoms with E-state index in [9.17, 15) is 20.1 Å². The van der Waals surface area contributed by atoms with E-state index in [0.717, 1.165) is 24.3 Å². The zero-order valence-corrected chi connectivity index (χ0v) is 7.23. The summed E-state index contributed by atoms with van der Waals surface area (Å²) < 4.78 is 0. The number of hydrogen-bond donors (Lipinski definition) is 1. The average molecular weight is 211 g/mol. The standard InChI is InChI=1S/C7H5N3O5/c11-7(12)5-1-3-6(4-2-5)9(13)8-10(14)15/h1-4H,(H,11,12)/b9-8-. The van der Waals surface area contributed by atoms with Crippen LogP contribution in [0.5, 0.6) is 0 Å². The topological polar surface area (TPSA) is 119 Å². The van der Waals surface area contributed by atoms with Crippen molar-refractivity contribution in [1.82, 2.24) is 0 Å². The van der Waals surface area contributed by atoms with Gasteiger partial charge in [0.25, 0.3) is 10.7 Å². The van der Waals surface area contributed by atoms with E-state index in [1.54, 1.807) is 0 Å². The lowest BCUT2D eigenvalue weighted by Crippen LogP contribution is -1.99. The van der Waals surface area contributed by atoms with Crippen molar-refractivity contribution in [2.45, 2.75) is 0 Å². The Labute approximate surface area is 82.8 Å². The monoisotopic (exact) mass is 211 g/mol. The molecule has 15 heavy (non-hydrogen) atoms. The maximum Gasteiger partial charge on any atom is 0.349 e. The Morgan fingerprint density at radius 1 is 1.27 bits per heavy atom. The predicted octanol–water partition coefficient (Wildman–Crippen LogP) is 1.17. The van der Waals surface area contributed by atoms with Gasteiger partial charge in [0.1, 0.15) is 0 Å². The predicted molar refractivity (Wildman–Crippen MR) is 46.1 cm³/mol. The summed E-state index contributed by atoms with van der Waals surface area (Å²) in [6.07, 6.45) is 0. The molecule has 0 bridgehead atoms. The molecular weight excluding hydrogens is 206 g/mol. The molecular formula is C7H5N3O5. The van der Waals surface area contributed by atoms with E-state index >= 15 is 0 Å². The summed E-state index contributed by atoms with van der Waals surface area (Å²) in [5.41, 5.74) is -0.134. The van der Waals surface area contributed by atoms with Crippen molar-refractivity contribution in [3.05, 3.63) is 45.2 Å². The van der Waals surface area contributed by atoms with Crippen molar-refractivity contribution in [2.75, 3.05) is 0 Å². The van der Waals surface area contributed by atoms with Gasteiger partial charge in [0.05, 0.1) is 5.56 Å². The summed E-state index contributed by atoms with van der Waals surface area (Å²) in [5, 5.41) is 30.6. The molecule has 1 rings (SSSR count). The smallest absolute Gasteiger partial charge is 0.349 e. The normalized spacial score (nSPS) is 11.1. The second-order valence-corrected chi connectivity index (χ2v) is 2.45. The molecule has 1 aromatic carbocycles. The summed E-state index contributed by atoms with van der Waals surface area (Å²) in [6, 6.07) is 4.56. The molecule has 0 amide bonds. The minimum Gasteiger partial charge on any atom is -0.590 e. The van der Waals surface area contributed by atoms with E-state index in [0.29, 0.717) is 0 Å². The fourth-order valence-corrected chi connectivity index (χ4v) is 0.850. The molecule has 0 aliphatic carbocycles. The number of aromatic carboxylic acids is 1. The van der Waals surface area contributed by atoms with Gasteiger partial charge in [-0.1, -0.05) is 0 Å². The van der Waals surface area contributed by atoms with Gasteiger partial charge in [0.15, 0.2) is 0 Å². The van der Waals surface area contributed by atoms with Gasteiger partial charge in [-0.05, 0) is 12.1 Å². The van der Waals surface area contributed by atoms with Gasteiger partial charge >= 0.3 is 11.2 Å². The van der Waals surface area contributed by atoms with Crippen LogP contribution in [0.4, 0.5) is 5.69 Å². The Hall–Kier alpha value is -2.51. The highest BCUT2D eigenvalue weighted by Gasteiger charge is 2.10. The highest BCUT2D eigenvalue weighted by Crippen LogP contribution is 2.12. The molecule has 0 heterocycles. The number of hydrogen-bond acceptors (Lipinski definition) is 4. The highest BCUT2D eigenvalue weighted by molar-refractivity contribution is 5.87. The summed E-state index contributed by atoms with van der Waals surface area (Å²) in [4.78, 5) is 20.1. The van der Waals surface area contributed by atoms with Crippen LogP contribution in [-0.4, -0.2) is 21.0 Å². The molecule has 0 spiro atoms. The van der Waals surface area contributed by atoms with Crippen LogP contribution in [-0.2, 0) is 0 Å². The van der Waals surface area contributed by atoms with E-state index in [2.05, 4.69) is 5.22 Å². The molecule has 0 aromatic heterocycles. The zero-order chi connectivity index (χ0) is 11.4. The van der Waals surface area contributed by atoms with Crippen LogP contribution in [0.3, 0.4) is 0 Å². The van der Waals surface area contributed by atoms with Crippen LogP contribution in [0.2, 0.25) is 0 Å². The molecule has 0 atom stereocenters. The van der Waals surface area contributed by atoms with E-state index in [4.69, 9.17) is 5.11 Å². The minimum atomic E-state index is -1.15. The molecule has 1 N–H and O–H groups in total. The molecule has 8 nitrogen and oxygen atoms in total. The SMILES string of the molecule is O=C(O)c1ccc(/[N+]([O-])=N/[N+](=O)[O-])cc1. The van der Waals surface area contributed by atoms with Crippen molar-refractivity contribution < 1.29 is 19.8 Å². The summed E-state index contributed by atoms with van der Waals surface area (Å²) in [5.74, 6) is -1.15. The maximum absolute atomic E-state index is 10.9. The van der Waals surface area contributed by atoms with E-state index in [-0.39, 0.29) is 16.1 Å². The second-order valence-electron chi connectivity index (χ2n) is 2.45. The Bertz CT molecular complexity index is 425. The molecule has 0 saturated carbocycles. The van der Waals surface area contributed by atoms with Crippen molar-refractivity contribution in [2.24, 2.45) is 5.22 Å². The Morgan fingerprint density at radius 2 is 1.80 bits per heavy atom. The fraction of sp³-hybridized carbons (Fsp3) is 0. The Balaban J connectivity index is 2.99. The zero-order valence-electron chi connectivity index (χ0n) is 7.23. The van der Waals surface area contributed by atoms with Gasteiger partial charge in [-0.25, -0.2) is 14.9 Å². The minimum absolute atomic E-state index is 0.0201. The third kappa shape index (κ3) is 2.72. The van der Waals surface area contributed by atoms with Gasteiger partial charge < -0.3 is 10.3 Å². The summed E-state index contributed by atoms with van der Waals surface area (Å²) in [6.45, 7) is 0. The number of rotatable bonds is 3. The molecule has 0 aliphatic heterocycles. The molecule has 8 heteroatoms. The van der Waals surface area contributed by atoms with Crippen LogP contribution in [0.1, 0.15) is 10.4 Å². The molecule has 0 radical (unpaired) electrons. The largest absolute Gasteiger partial charge is 0.590 e.